The third-order valence-corrected chi connectivity index (χ3v) is 3.95. The van der Waals surface area contributed by atoms with Crippen LogP contribution in [0.15, 0.2) is 23.2 Å². The van der Waals surface area contributed by atoms with Gasteiger partial charge in [0.2, 0.25) is 11.6 Å². The van der Waals surface area contributed by atoms with Crippen molar-refractivity contribution in [1.82, 2.24) is 14.7 Å². The average Bonchev–Trinajstić information content (AvgIpc) is 3.37. The number of rotatable bonds is 5. The molecule has 0 unspecified atom stereocenters. The van der Waals surface area contributed by atoms with Gasteiger partial charge in [-0.3, -0.25) is 14.4 Å². The Bertz CT molecular complexity index is 611. The zero-order chi connectivity index (χ0) is 16.6. The van der Waals surface area contributed by atoms with Crippen molar-refractivity contribution in [2.24, 2.45) is 0 Å². The van der Waals surface area contributed by atoms with Gasteiger partial charge in [0.05, 0.1) is 5.70 Å². The first kappa shape index (κ1) is 15.6. The molecular formula is C16H21N3O4. The first-order chi connectivity index (χ1) is 11.0. The van der Waals surface area contributed by atoms with Crippen LogP contribution >= 0.6 is 0 Å². The molecule has 0 amide bonds. The van der Waals surface area contributed by atoms with Gasteiger partial charge in [-0.1, -0.05) is 6.92 Å². The average molecular weight is 319 g/mol. The van der Waals surface area contributed by atoms with Crippen LogP contribution in [-0.2, 0) is 14.4 Å². The van der Waals surface area contributed by atoms with E-state index in [9.17, 15) is 14.4 Å². The number of carbonyl (C=O) groups excluding carboxylic acids is 2. The SMILES string of the molecule is CCCC(=O)O.O=C1C=C(N2CC2)C(=O)C(N2CC2)=C1N1CC1. The minimum atomic E-state index is -0.711. The number of carbonyl (C=O) groups is 3. The number of aliphatic carboxylic acids is 1. The van der Waals surface area contributed by atoms with Gasteiger partial charge in [-0.25, -0.2) is 0 Å². The van der Waals surface area contributed by atoms with Crippen molar-refractivity contribution >= 4 is 17.5 Å². The third-order valence-electron chi connectivity index (χ3n) is 3.95. The van der Waals surface area contributed by atoms with Crippen LogP contribution in [0.25, 0.3) is 0 Å². The predicted molar refractivity (Wildman–Crippen MR) is 82.4 cm³/mol. The summed E-state index contributed by atoms with van der Waals surface area (Å²) in [6, 6.07) is 0. The molecule has 23 heavy (non-hydrogen) atoms. The molecule has 7 heteroatoms. The Morgan fingerprint density at radius 2 is 1.52 bits per heavy atom. The number of hydrogen-bond acceptors (Lipinski definition) is 6. The van der Waals surface area contributed by atoms with Crippen molar-refractivity contribution in [2.75, 3.05) is 39.3 Å². The van der Waals surface area contributed by atoms with Crippen molar-refractivity contribution in [3.05, 3.63) is 23.2 Å². The Labute approximate surface area is 134 Å². The van der Waals surface area contributed by atoms with Crippen molar-refractivity contribution in [1.29, 1.82) is 0 Å². The highest BCUT2D eigenvalue weighted by molar-refractivity contribution is 6.22. The fraction of sp³-hybridized carbons (Fsp3) is 0.562. The predicted octanol–water partition coefficient (Wildman–Crippen LogP) is 0.0516. The minimum Gasteiger partial charge on any atom is -0.481 e. The molecule has 3 aliphatic heterocycles. The van der Waals surface area contributed by atoms with Crippen LogP contribution < -0.4 is 0 Å². The fourth-order valence-electron chi connectivity index (χ4n) is 2.49. The Kier molecular flexibility index (Phi) is 4.11. The number of Topliss-reactive ketones (excluding diaryl/α,β-unsaturated/α-hetero) is 1. The largest absolute Gasteiger partial charge is 0.481 e. The van der Waals surface area contributed by atoms with Crippen LogP contribution in [0.5, 0.6) is 0 Å². The Balaban J connectivity index is 0.000000227. The topological polar surface area (TPSA) is 80.5 Å². The Morgan fingerprint density at radius 1 is 1.00 bits per heavy atom. The lowest BCUT2D eigenvalue weighted by atomic mass is 10.0. The summed E-state index contributed by atoms with van der Waals surface area (Å²) in [7, 11) is 0. The summed E-state index contributed by atoms with van der Waals surface area (Å²) in [5.41, 5.74) is 1.89. The van der Waals surface area contributed by atoms with Crippen LogP contribution in [0.3, 0.4) is 0 Å². The van der Waals surface area contributed by atoms with Crippen LogP contribution in [-0.4, -0.2) is 76.6 Å². The van der Waals surface area contributed by atoms with E-state index < -0.39 is 5.97 Å². The summed E-state index contributed by atoms with van der Waals surface area (Å²) in [6.45, 7) is 7.25. The number of carboxylic acid groups (broad SMARTS) is 1. The van der Waals surface area contributed by atoms with Crippen LogP contribution in [0, 0.1) is 0 Å². The van der Waals surface area contributed by atoms with E-state index in [1.165, 1.54) is 6.08 Å². The first-order valence-electron chi connectivity index (χ1n) is 8.04. The lowest BCUT2D eigenvalue weighted by Gasteiger charge is -2.21. The summed E-state index contributed by atoms with van der Waals surface area (Å²) in [6.07, 6.45) is 2.55. The summed E-state index contributed by atoms with van der Waals surface area (Å²) < 4.78 is 0. The van der Waals surface area contributed by atoms with Gasteiger partial charge in [-0.2, -0.15) is 0 Å². The molecule has 0 bridgehead atoms. The lowest BCUT2D eigenvalue weighted by molar-refractivity contribution is -0.137. The maximum atomic E-state index is 12.4. The van der Waals surface area contributed by atoms with Gasteiger partial charge in [0, 0.05) is 51.8 Å². The number of nitrogens with zero attached hydrogens (tertiary/aromatic N) is 3. The van der Waals surface area contributed by atoms with Gasteiger partial charge < -0.3 is 19.8 Å². The van der Waals surface area contributed by atoms with Gasteiger partial charge in [0.25, 0.3) is 0 Å². The van der Waals surface area contributed by atoms with E-state index in [4.69, 9.17) is 5.11 Å². The zero-order valence-corrected chi connectivity index (χ0v) is 13.2. The van der Waals surface area contributed by atoms with Crippen molar-refractivity contribution in [2.45, 2.75) is 19.8 Å². The quantitative estimate of drug-likeness (QED) is 0.566. The highest BCUT2D eigenvalue weighted by Crippen LogP contribution is 2.33. The molecular weight excluding hydrogens is 298 g/mol. The number of carboxylic acids is 1. The molecule has 0 atom stereocenters. The summed E-state index contributed by atoms with van der Waals surface area (Å²) in [5, 5.41) is 7.91. The lowest BCUT2D eigenvalue weighted by Crippen LogP contribution is -2.29. The van der Waals surface area contributed by atoms with Crippen LogP contribution in [0.4, 0.5) is 0 Å². The molecule has 1 N–H and O–H groups in total. The van der Waals surface area contributed by atoms with E-state index in [-0.39, 0.29) is 11.6 Å². The van der Waals surface area contributed by atoms with Crippen molar-refractivity contribution in [3.63, 3.8) is 0 Å². The number of ketones is 2. The van der Waals surface area contributed by atoms with E-state index in [2.05, 4.69) is 0 Å². The Hall–Kier alpha value is -2.31. The monoisotopic (exact) mass is 319 g/mol. The molecule has 0 aromatic carbocycles. The highest BCUT2D eigenvalue weighted by Gasteiger charge is 2.43. The first-order valence-corrected chi connectivity index (χ1v) is 8.04. The van der Waals surface area contributed by atoms with Crippen LogP contribution in [0.1, 0.15) is 19.8 Å². The second kappa shape index (κ2) is 6.06. The molecule has 0 radical (unpaired) electrons. The fourth-order valence-corrected chi connectivity index (χ4v) is 2.49. The van der Waals surface area contributed by atoms with Gasteiger partial charge in [0.15, 0.2) is 0 Å². The molecule has 3 heterocycles. The summed E-state index contributed by atoms with van der Waals surface area (Å²) in [5.74, 6) is -0.662. The van der Waals surface area contributed by atoms with Gasteiger partial charge in [0.1, 0.15) is 11.4 Å². The van der Waals surface area contributed by atoms with Gasteiger partial charge in [-0.15, -0.1) is 0 Å². The Morgan fingerprint density at radius 3 is 1.91 bits per heavy atom. The number of allylic oxidation sites excluding steroid dienone is 1. The second-order valence-electron chi connectivity index (χ2n) is 6.03. The van der Waals surface area contributed by atoms with E-state index in [1.807, 2.05) is 21.6 Å². The molecule has 3 saturated heterocycles. The molecule has 0 spiro atoms. The third kappa shape index (κ3) is 3.55. The van der Waals surface area contributed by atoms with Gasteiger partial charge >= 0.3 is 5.97 Å². The molecule has 0 aromatic heterocycles. The smallest absolute Gasteiger partial charge is 0.303 e. The maximum Gasteiger partial charge on any atom is 0.303 e. The van der Waals surface area contributed by atoms with E-state index in [0.717, 1.165) is 45.7 Å². The van der Waals surface area contributed by atoms with Crippen molar-refractivity contribution < 1.29 is 19.5 Å². The minimum absolute atomic E-state index is 0.00546. The molecule has 0 saturated carbocycles. The van der Waals surface area contributed by atoms with E-state index >= 15 is 0 Å². The summed E-state index contributed by atoms with van der Waals surface area (Å²) >= 11 is 0. The maximum absolute atomic E-state index is 12.4. The molecule has 7 nitrogen and oxygen atoms in total. The van der Waals surface area contributed by atoms with Crippen LogP contribution in [0.2, 0.25) is 0 Å². The molecule has 4 rings (SSSR count). The standard InChI is InChI=1S/C12H13N3O2.C4H8O2/c16-9-7-8(13-1-2-13)12(17)11(15-5-6-15)10(9)14-3-4-14;1-2-3-4(5)6/h7H,1-6H2;2-3H2,1H3,(H,5,6). The zero-order valence-electron chi connectivity index (χ0n) is 13.2. The molecule has 3 fully saturated rings. The highest BCUT2D eigenvalue weighted by atomic mass is 16.4. The molecule has 1 aliphatic carbocycles. The van der Waals surface area contributed by atoms with E-state index in [0.29, 0.717) is 23.5 Å². The molecule has 0 aromatic rings. The second-order valence-corrected chi connectivity index (χ2v) is 6.03. The molecule has 4 aliphatic rings. The van der Waals surface area contributed by atoms with Crippen molar-refractivity contribution in [3.8, 4) is 0 Å². The molecule has 124 valence electrons. The number of hydrogen-bond donors (Lipinski definition) is 1. The normalized spacial score (nSPS) is 21.8. The van der Waals surface area contributed by atoms with E-state index in [1.54, 1.807) is 0 Å². The van der Waals surface area contributed by atoms with Gasteiger partial charge in [-0.05, 0) is 6.42 Å². The summed E-state index contributed by atoms with van der Waals surface area (Å²) in [4.78, 5) is 40.1.